The average molecular weight is 391 g/mol. The van der Waals surface area contributed by atoms with Crippen LogP contribution in [-0.2, 0) is 27.3 Å². The number of aliphatic hydroxyl groups excluding tert-OH is 1. The molecule has 0 radical (unpaired) electrons. The maximum absolute atomic E-state index is 12.3. The van der Waals surface area contributed by atoms with Gasteiger partial charge in [0.25, 0.3) is 0 Å². The van der Waals surface area contributed by atoms with E-state index in [2.05, 4.69) is 17.0 Å². The van der Waals surface area contributed by atoms with Gasteiger partial charge in [-0.3, -0.25) is 0 Å². The van der Waals surface area contributed by atoms with E-state index >= 15 is 0 Å². The van der Waals surface area contributed by atoms with Crippen LogP contribution in [0.15, 0.2) is 66.7 Å². The van der Waals surface area contributed by atoms with Crippen LogP contribution in [0.3, 0.4) is 0 Å². The number of benzene rings is 3. The maximum Gasteiger partial charge on any atom is 0.335 e. The van der Waals surface area contributed by atoms with Crippen molar-refractivity contribution in [2.45, 2.75) is 19.1 Å². The summed E-state index contributed by atoms with van der Waals surface area (Å²) in [4.78, 5) is 14.6. The summed E-state index contributed by atoms with van der Waals surface area (Å²) in [5, 5.41) is 12.6. The van der Waals surface area contributed by atoms with E-state index in [4.69, 9.17) is 9.47 Å². The van der Waals surface area contributed by atoms with E-state index in [-0.39, 0.29) is 13.0 Å². The molecule has 4 rings (SSSR count). The number of aliphatic hydroxyl groups is 1. The van der Waals surface area contributed by atoms with E-state index in [9.17, 15) is 9.90 Å². The van der Waals surface area contributed by atoms with Gasteiger partial charge in [0.1, 0.15) is 6.61 Å². The Balaban J connectivity index is 1.49. The predicted molar refractivity (Wildman–Crippen MR) is 113 cm³/mol. The molecule has 0 aliphatic carbocycles. The molecule has 1 aliphatic rings. The van der Waals surface area contributed by atoms with Crippen molar-refractivity contribution in [1.82, 2.24) is 0 Å². The van der Waals surface area contributed by atoms with E-state index in [1.54, 1.807) is 0 Å². The highest BCUT2D eigenvalue weighted by Crippen LogP contribution is 2.30. The normalized spacial score (nSPS) is 15.3. The highest BCUT2D eigenvalue weighted by Gasteiger charge is 2.20. The van der Waals surface area contributed by atoms with Gasteiger partial charge in [0.15, 0.2) is 6.10 Å². The van der Waals surface area contributed by atoms with Gasteiger partial charge in [0.05, 0.1) is 13.2 Å². The Bertz CT molecular complexity index is 967. The SMILES string of the molecule is O=C(OCc1ccccc1)C(O)Cc1ccc(N2CCOCC2)c2ccccc12. The number of rotatable bonds is 6. The van der Waals surface area contributed by atoms with Gasteiger partial charge in [-0.1, -0.05) is 60.7 Å². The zero-order valence-corrected chi connectivity index (χ0v) is 16.3. The van der Waals surface area contributed by atoms with Crippen molar-refractivity contribution in [2.75, 3.05) is 31.2 Å². The number of esters is 1. The van der Waals surface area contributed by atoms with E-state index in [0.717, 1.165) is 53.9 Å². The predicted octanol–water partition coefficient (Wildman–Crippen LogP) is 3.32. The number of nitrogens with zero attached hydrogens (tertiary/aromatic N) is 1. The van der Waals surface area contributed by atoms with Gasteiger partial charge in [-0.05, 0) is 22.6 Å². The molecular weight excluding hydrogens is 366 g/mol. The Hall–Kier alpha value is -2.89. The van der Waals surface area contributed by atoms with Crippen molar-refractivity contribution in [3.63, 3.8) is 0 Å². The molecule has 1 fully saturated rings. The van der Waals surface area contributed by atoms with Gasteiger partial charge >= 0.3 is 5.97 Å². The first-order chi connectivity index (χ1) is 14.2. The van der Waals surface area contributed by atoms with Crippen molar-refractivity contribution < 1.29 is 19.4 Å². The van der Waals surface area contributed by atoms with Crippen LogP contribution in [0.25, 0.3) is 10.8 Å². The second-order valence-corrected chi connectivity index (χ2v) is 7.20. The van der Waals surface area contributed by atoms with Crippen molar-refractivity contribution in [2.24, 2.45) is 0 Å². The van der Waals surface area contributed by atoms with Crippen LogP contribution in [0.4, 0.5) is 5.69 Å². The molecular formula is C24H25NO4. The van der Waals surface area contributed by atoms with Gasteiger partial charge in [-0.25, -0.2) is 4.79 Å². The summed E-state index contributed by atoms with van der Waals surface area (Å²) in [5.74, 6) is -0.602. The Labute approximate surface area is 170 Å². The number of hydrogen-bond acceptors (Lipinski definition) is 5. The minimum absolute atomic E-state index is 0.160. The summed E-state index contributed by atoms with van der Waals surface area (Å²) in [5.41, 5.74) is 2.99. The lowest BCUT2D eigenvalue weighted by atomic mass is 9.98. The summed E-state index contributed by atoms with van der Waals surface area (Å²) in [6.45, 7) is 3.33. The highest BCUT2D eigenvalue weighted by atomic mass is 16.5. The topological polar surface area (TPSA) is 59.0 Å². The lowest BCUT2D eigenvalue weighted by Gasteiger charge is -2.30. The summed E-state index contributed by atoms with van der Waals surface area (Å²) >= 11 is 0. The molecule has 5 heteroatoms. The second-order valence-electron chi connectivity index (χ2n) is 7.20. The zero-order chi connectivity index (χ0) is 20.1. The molecule has 1 saturated heterocycles. The van der Waals surface area contributed by atoms with Crippen LogP contribution in [0.1, 0.15) is 11.1 Å². The first kappa shape index (κ1) is 19.4. The lowest BCUT2D eigenvalue weighted by molar-refractivity contribution is -0.154. The van der Waals surface area contributed by atoms with Gasteiger partial charge in [0.2, 0.25) is 0 Å². The van der Waals surface area contributed by atoms with E-state index in [1.165, 1.54) is 0 Å². The first-order valence-electron chi connectivity index (χ1n) is 9.94. The molecule has 3 aromatic carbocycles. The number of carbonyl (C=O) groups is 1. The molecule has 1 aliphatic heterocycles. The molecule has 1 atom stereocenters. The van der Waals surface area contributed by atoms with Crippen LogP contribution < -0.4 is 4.90 Å². The van der Waals surface area contributed by atoms with Gasteiger partial charge in [-0.15, -0.1) is 0 Å². The fourth-order valence-electron chi connectivity index (χ4n) is 3.72. The summed E-state index contributed by atoms with van der Waals surface area (Å²) in [6, 6.07) is 21.7. The molecule has 0 amide bonds. The van der Waals surface area contributed by atoms with Crippen LogP contribution in [0.2, 0.25) is 0 Å². The Kier molecular flexibility index (Phi) is 6.08. The third-order valence-electron chi connectivity index (χ3n) is 5.25. The number of fused-ring (bicyclic) bond motifs is 1. The molecule has 3 aromatic rings. The Morgan fingerprint density at radius 2 is 1.66 bits per heavy atom. The monoisotopic (exact) mass is 391 g/mol. The molecule has 1 unspecified atom stereocenters. The van der Waals surface area contributed by atoms with Gasteiger partial charge in [0, 0.05) is 30.6 Å². The van der Waals surface area contributed by atoms with Crippen molar-refractivity contribution in [1.29, 1.82) is 0 Å². The molecule has 5 nitrogen and oxygen atoms in total. The highest BCUT2D eigenvalue weighted by molar-refractivity contribution is 5.97. The van der Waals surface area contributed by atoms with Crippen LogP contribution in [0.5, 0.6) is 0 Å². The lowest BCUT2D eigenvalue weighted by Crippen LogP contribution is -2.36. The number of carbonyl (C=O) groups excluding carboxylic acids is 1. The summed E-state index contributed by atoms with van der Waals surface area (Å²) in [7, 11) is 0. The number of morpholine rings is 1. The van der Waals surface area contributed by atoms with E-state index < -0.39 is 12.1 Å². The maximum atomic E-state index is 12.3. The smallest absolute Gasteiger partial charge is 0.335 e. The third-order valence-corrected chi connectivity index (χ3v) is 5.25. The van der Waals surface area contributed by atoms with Crippen molar-refractivity contribution >= 4 is 22.4 Å². The van der Waals surface area contributed by atoms with Crippen molar-refractivity contribution in [3.05, 3.63) is 77.9 Å². The quantitative estimate of drug-likeness (QED) is 0.653. The molecule has 29 heavy (non-hydrogen) atoms. The van der Waals surface area contributed by atoms with Crippen molar-refractivity contribution in [3.8, 4) is 0 Å². The molecule has 150 valence electrons. The largest absolute Gasteiger partial charge is 0.459 e. The summed E-state index contributed by atoms with van der Waals surface area (Å²) < 4.78 is 10.7. The number of ether oxygens (including phenoxy) is 2. The third kappa shape index (κ3) is 4.58. The Morgan fingerprint density at radius 3 is 2.41 bits per heavy atom. The van der Waals surface area contributed by atoms with Crippen LogP contribution >= 0.6 is 0 Å². The molecule has 1 N–H and O–H groups in total. The second kappa shape index (κ2) is 9.07. The molecule has 0 saturated carbocycles. The number of anilines is 1. The summed E-state index contributed by atoms with van der Waals surface area (Å²) in [6.07, 6.45) is -0.978. The fraction of sp³-hybridized carbons (Fsp3) is 0.292. The van der Waals surface area contributed by atoms with Crippen LogP contribution in [0, 0.1) is 0 Å². The van der Waals surface area contributed by atoms with Gasteiger partial charge in [-0.2, -0.15) is 0 Å². The molecule has 0 aromatic heterocycles. The average Bonchev–Trinajstić information content (AvgIpc) is 2.79. The standard InChI is InChI=1S/C24H25NO4/c26-23(24(27)29-17-18-6-2-1-3-7-18)16-19-10-11-22(25-12-14-28-15-13-25)21-9-5-4-8-20(19)21/h1-11,23,26H,12-17H2. The molecule has 0 spiro atoms. The van der Waals surface area contributed by atoms with Gasteiger partial charge < -0.3 is 19.5 Å². The Morgan fingerprint density at radius 1 is 0.966 bits per heavy atom. The fourth-order valence-corrected chi connectivity index (χ4v) is 3.72. The first-order valence-corrected chi connectivity index (χ1v) is 9.94. The molecule has 1 heterocycles. The van der Waals surface area contributed by atoms with E-state index in [0.29, 0.717) is 0 Å². The number of hydrogen-bond donors (Lipinski definition) is 1. The minimum Gasteiger partial charge on any atom is -0.459 e. The minimum atomic E-state index is -1.20. The van der Waals surface area contributed by atoms with E-state index in [1.807, 2.05) is 54.6 Å². The zero-order valence-electron chi connectivity index (χ0n) is 16.3. The van der Waals surface area contributed by atoms with Crippen LogP contribution in [-0.4, -0.2) is 43.5 Å². The molecule has 0 bridgehead atoms.